The summed E-state index contributed by atoms with van der Waals surface area (Å²) in [6, 6.07) is 15.8. The third-order valence-corrected chi connectivity index (χ3v) is 4.50. The van der Waals surface area contributed by atoms with Gasteiger partial charge in [-0.3, -0.25) is 4.79 Å². The fourth-order valence-electron chi connectivity index (χ4n) is 3.34. The van der Waals surface area contributed by atoms with Crippen molar-refractivity contribution in [2.75, 3.05) is 20.8 Å². The van der Waals surface area contributed by atoms with Crippen molar-refractivity contribution in [2.45, 2.75) is 25.7 Å². The molecular formula is C20H23NO3. The minimum atomic E-state index is -0.125. The molecule has 24 heavy (non-hydrogen) atoms. The van der Waals surface area contributed by atoms with Crippen molar-refractivity contribution < 1.29 is 14.3 Å². The Labute approximate surface area is 143 Å². The number of methoxy groups -OCH3 is 2. The van der Waals surface area contributed by atoms with E-state index in [0.29, 0.717) is 12.2 Å². The lowest BCUT2D eigenvalue weighted by Gasteiger charge is -2.24. The van der Waals surface area contributed by atoms with Crippen molar-refractivity contribution in [2.24, 2.45) is 0 Å². The molecule has 0 aromatic heterocycles. The van der Waals surface area contributed by atoms with Gasteiger partial charge >= 0.3 is 0 Å². The number of carbonyl (C=O) groups excluding carboxylic acids is 1. The molecule has 1 aliphatic heterocycles. The van der Waals surface area contributed by atoms with Crippen LogP contribution in [0.3, 0.4) is 0 Å². The summed E-state index contributed by atoms with van der Waals surface area (Å²) in [5, 5.41) is 0. The zero-order valence-corrected chi connectivity index (χ0v) is 14.2. The monoisotopic (exact) mass is 325 g/mol. The summed E-state index contributed by atoms with van der Waals surface area (Å²) >= 11 is 0. The Bertz CT molecular complexity index is 714. The van der Waals surface area contributed by atoms with Crippen molar-refractivity contribution in [3.63, 3.8) is 0 Å². The first-order chi connectivity index (χ1) is 11.8. The van der Waals surface area contributed by atoms with E-state index < -0.39 is 0 Å². The first-order valence-corrected chi connectivity index (χ1v) is 8.26. The minimum Gasteiger partial charge on any atom is -0.380 e. The van der Waals surface area contributed by atoms with Gasteiger partial charge < -0.3 is 14.4 Å². The number of likely N-dealkylation sites (tertiary alicyclic amines) is 1. The number of hydrogen-bond donors (Lipinski definition) is 0. The van der Waals surface area contributed by atoms with Crippen LogP contribution in [-0.2, 0) is 16.1 Å². The summed E-state index contributed by atoms with van der Waals surface area (Å²) < 4.78 is 10.8. The van der Waals surface area contributed by atoms with Crippen LogP contribution in [0.15, 0.2) is 48.5 Å². The van der Waals surface area contributed by atoms with Gasteiger partial charge in [-0.1, -0.05) is 42.5 Å². The maximum atomic E-state index is 13.1. The van der Waals surface area contributed by atoms with Crippen molar-refractivity contribution in [1.82, 2.24) is 4.90 Å². The Morgan fingerprint density at radius 1 is 1.08 bits per heavy atom. The highest BCUT2D eigenvalue weighted by Gasteiger charge is 2.30. The molecule has 3 rings (SSSR count). The third-order valence-electron chi connectivity index (χ3n) is 4.50. The van der Waals surface area contributed by atoms with Crippen LogP contribution in [-0.4, -0.2) is 37.8 Å². The van der Waals surface area contributed by atoms with Crippen LogP contribution in [0.1, 0.15) is 28.8 Å². The average Bonchev–Trinajstić information content (AvgIpc) is 3.11. The van der Waals surface area contributed by atoms with Gasteiger partial charge in [0.05, 0.1) is 6.61 Å². The molecule has 2 aromatic carbocycles. The van der Waals surface area contributed by atoms with E-state index in [2.05, 4.69) is 0 Å². The number of benzene rings is 2. The molecule has 1 atom stereocenters. The van der Waals surface area contributed by atoms with Gasteiger partial charge in [0.15, 0.2) is 0 Å². The molecule has 1 fully saturated rings. The SMILES string of the molecule is COCc1ccccc1-c1ccccc1C(=O)N1CCCC1OC. The summed E-state index contributed by atoms with van der Waals surface area (Å²) in [6.07, 6.45) is 1.75. The Morgan fingerprint density at radius 3 is 2.54 bits per heavy atom. The van der Waals surface area contributed by atoms with Crippen LogP contribution in [0.4, 0.5) is 0 Å². The second-order valence-electron chi connectivity index (χ2n) is 5.97. The van der Waals surface area contributed by atoms with Gasteiger partial charge in [0.25, 0.3) is 5.91 Å². The van der Waals surface area contributed by atoms with Gasteiger partial charge in [0.1, 0.15) is 6.23 Å². The first kappa shape index (κ1) is 16.7. The Kier molecular flexibility index (Phi) is 5.28. The van der Waals surface area contributed by atoms with Crippen LogP contribution in [0, 0.1) is 0 Å². The van der Waals surface area contributed by atoms with E-state index in [4.69, 9.17) is 9.47 Å². The van der Waals surface area contributed by atoms with E-state index in [1.807, 2.05) is 53.4 Å². The molecule has 0 radical (unpaired) electrons. The molecule has 0 aliphatic carbocycles. The molecule has 0 N–H and O–H groups in total. The van der Waals surface area contributed by atoms with Gasteiger partial charge in [0, 0.05) is 26.3 Å². The highest BCUT2D eigenvalue weighted by atomic mass is 16.5. The molecule has 1 heterocycles. The van der Waals surface area contributed by atoms with E-state index >= 15 is 0 Å². The van der Waals surface area contributed by atoms with E-state index in [9.17, 15) is 4.79 Å². The highest BCUT2D eigenvalue weighted by molar-refractivity contribution is 6.01. The predicted molar refractivity (Wildman–Crippen MR) is 93.7 cm³/mol. The molecule has 126 valence electrons. The molecular weight excluding hydrogens is 302 g/mol. The van der Waals surface area contributed by atoms with Gasteiger partial charge in [-0.05, 0) is 35.6 Å². The van der Waals surface area contributed by atoms with Crippen molar-refractivity contribution in [1.29, 1.82) is 0 Å². The summed E-state index contributed by atoms with van der Waals surface area (Å²) in [6.45, 7) is 1.26. The molecule has 4 nitrogen and oxygen atoms in total. The summed E-state index contributed by atoms with van der Waals surface area (Å²) in [5.74, 6) is 0.0298. The summed E-state index contributed by atoms with van der Waals surface area (Å²) in [4.78, 5) is 14.9. The maximum absolute atomic E-state index is 13.1. The highest BCUT2D eigenvalue weighted by Crippen LogP contribution is 2.30. The van der Waals surface area contributed by atoms with Crippen molar-refractivity contribution in [3.05, 3.63) is 59.7 Å². The number of nitrogens with zero attached hydrogens (tertiary/aromatic N) is 1. The van der Waals surface area contributed by atoms with Crippen LogP contribution >= 0.6 is 0 Å². The summed E-state index contributed by atoms with van der Waals surface area (Å²) in [5.41, 5.74) is 3.77. The maximum Gasteiger partial charge on any atom is 0.256 e. The van der Waals surface area contributed by atoms with E-state index in [1.165, 1.54) is 0 Å². The number of hydrogen-bond acceptors (Lipinski definition) is 3. The van der Waals surface area contributed by atoms with Gasteiger partial charge in [0.2, 0.25) is 0 Å². The normalized spacial score (nSPS) is 17.2. The largest absolute Gasteiger partial charge is 0.380 e. The number of rotatable bonds is 5. The molecule has 0 saturated carbocycles. The van der Waals surface area contributed by atoms with Crippen molar-refractivity contribution in [3.8, 4) is 11.1 Å². The summed E-state index contributed by atoms with van der Waals surface area (Å²) in [7, 11) is 3.34. The molecule has 1 aliphatic rings. The topological polar surface area (TPSA) is 38.8 Å². The van der Waals surface area contributed by atoms with Gasteiger partial charge in [-0.15, -0.1) is 0 Å². The molecule has 1 saturated heterocycles. The van der Waals surface area contributed by atoms with Crippen LogP contribution < -0.4 is 0 Å². The van der Waals surface area contributed by atoms with Gasteiger partial charge in [-0.2, -0.15) is 0 Å². The van der Waals surface area contributed by atoms with Crippen molar-refractivity contribution >= 4 is 5.91 Å². The smallest absolute Gasteiger partial charge is 0.256 e. The molecule has 1 unspecified atom stereocenters. The fraction of sp³-hybridized carbons (Fsp3) is 0.350. The minimum absolute atomic E-state index is 0.0298. The Hall–Kier alpha value is -2.17. The van der Waals surface area contributed by atoms with Crippen LogP contribution in [0.25, 0.3) is 11.1 Å². The number of ether oxygens (including phenoxy) is 2. The predicted octanol–water partition coefficient (Wildman–Crippen LogP) is 3.71. The molecule has 0 bridgehead atoms. The molecule has 2 aromatic rings. The standard InChI is InChI=1S/C20H23NO3/c1-23-14-15-8-3-4-9-16(15)17-10-5-6-11-18(17)20(22)21-13-7-12-19(21)24-2/h3-6,8-11,19H,7,12-14H2,1-2H3. The van der Waals surface area contributed by atoms with E-state index in [-0.39, 0.29) is 12.1 Å². The Morgan fingerprint density at radius 2 is 1.79 bits per heavy atom. The quantitative estimate of drug-likeness (QED) is 0.841. The molecule has 4 heteroatoms. The zero-order valence-electron chi connectivity index (χ0n) is 14.2. The lowest BCUT2D eigenvalue weighted by molar-refractivity contribution is 0.00171. The third kappa shape index (κ3) is 3.21. The van der Waals surface area contributed by atoms with E-state index in [0.717, 1.165) is 36.1 Å². The molecule has 0 spiro atoms. The Balaban J connectivity index is 2.01. The number of amides is 1. The molecule has 1 amide bonds. The zero-order chi connectivity index (χ0) is 16.9. The second kappa shape index (κ2) is 7.60. The second-order valence-corrected chi connectivity index (χ2v) is 5.97. The fourth-order valence-corrected chi connectivity index (χ4v) is 3.34. The van der Waals surface area contributed by atoms with Crippen LogP contribution in [0.2, 0.25) is 0 Å². The van der Waals surface area contributed by atoms with Crippen LogP contribution in [0.5, 0.6) is 0 Å². The average molecular weight is 325 g/mol. The number of carbonyl (C=O) groups is 1. The lowest BCUT2D eigenvalue weighted by Crippen LogP contribution is -2.36. The lowest BCUT2D eigenvalue weighted by atomic mass is 9.95. The first-order valence-electron chi connectivity index (χ1n) is 8.26. The van der Waals surface area contributed by atoms with E-state index in [1.54, 1.807) is 14.2 Å². The van der Waals surface area contributed by atoms with Gasteiger partial charge in [-0.25, -0.2) is 0 Å².